The molecule has 0 unspecified atom stereocenters. The summed E-state index contributed by atoms with van der Waals surface area (Å²) >= 11 is 10.1. The Morgan fingerprint density at radius 2 is 2.05 bits per heavy atom. The van der Waals surface area contributed by atoms with Gasteiger partial charge in [0.2, 0.25) is 0 Å². The number of sulfone groups is 1. The molecule has 1 aromatic heterocycles. The lowest BCUT2D eigenvalue weighted by atomic mass is 10.2. The lowest BCUT2D eigenvalue weighted by molar-refractivity contribution is 0.0691. The number of thiophene rings is 1. The highest BCUT2D eigenvalue weighted by Crippen LogP contribution is 2.29. The van der Waals surface area contributed by atoms with E-state index in [1.165, 1.54) is 11.3 Å². The molecule has 4 nitrogen and oxygen atoms in total. The second-order valence-corrected chi connectivity index (χ2v) is 8.98. The molecule has 0 amide bonds. The fraction of sp³-hybridized carbons (Fsp3) is 0.0833. The topological polar surface area (TPSA) is 71.4 Å². The molecule has 0 bridgehead atoms. The van der Waals surface area contributed by atoms with E-state index in [0.29, 0.717) is 4.88 Å². The van der Waals surface area contributed by atoms with E-state index in [1.807, 2.05) is 0 Å². The maximum atomic E-state index is 14.1. The zero-order valence-electron chi connectivity index (χ0n) is 10.1. The van der Waals surface area contributed by atoms with E-state index in [2.05, 4.69) is 15.9 Å². The average molecular weight is 414 g/mol. The largest absolute Gasteiger partial charge is 0.478 e. The molecule has 0 aliphatic rings. The standard InChI is InChI=1S/C12H7BrClFO4S2/c13-10-2-1-7(20-10)5-21(18,19)9-4-6(14)3-8(11(9)15)12(16)17/h1-4H,5H2,(H,16,17). The molecule has 2 aromatic rings. The fourth-order valence-electron chi connectivity index (χ4n) is 1.64. The molecule has 0 aliphatic heterocycles. The van der Waals surface area contributed by atoms with Crippen molar-refractivity contribution in [2.45, 2.75) is 10.6 Å². The first-order chi connectivity index (χ1) is 9.70. The quantitative estimate of drug-likeness (QED) is 0.823. The summed E-state index contributed by atoms with van der Waals surface area (Å²) in [6, 6.07) is 5.06. The van der Waals surface area contributed by atoms with Gasteiger partial charge in [0.1, 0.15) is 4.90 Å². The maximum Gasteiger partial charge on any atom is 0.338 e. The van der Waals surface area contributed by atoms with Crippen LogP contribution in [-0.2, 0) is 15.6 Å². The van der Waals surface area contributed by atoms with Crippen molar-refractivity contribution in [2.24, 2.45) is 0 Å². The molecule has 1 aromatic carbocycles. The third-order valence-corrected chi connectivity index (χ3v) is 6.21. The van der Waals surface area contributed by atoms with Gasteiger partial charge in [-0.1, -0.05) is 11.6 Å². The summed E-state index contributed by atoms with van der Waals surface area (Å²) in [5.41, 5.74) is -0.770. The van der Waals surface area contributed by atoms with Crippen molar-refractivity contribution in [1.29, 1.82) is 0 Å². The minimum Gasteiger partial charge on any atom is -0.478 e. The van der Waals surface area contributed by atoms with Crippen LogP contribution in [0.5, 0.6) is 0 Å². The molecule has 0 radical (unpaired) electrons. The van der Waals surface area contributed by atoms with Crippen LogP contribution in [0.15, 0.2) is 32.9 Å². The van der Waals surface area contributed by atoms with Crippen LogP contribution in [-0.4, -0.2) is 19.5 Å². The summed E-state index contributed by atoms with van der Waals surface area (Å²) in [5.74, 6) is -3.31. The van der Waals surface area contributed by atoms with Crippen molar-refractivity contribution in [3.8, 4) is 0 Å². The van der Waals surface area contributed by atoms with Crippen LogP contribution in [0.1, 0.15) is 15.2 Å². The number of hydrogen-bond acceptors (Lipinski definition) is 4. The SMILES string of the molecule is O=C(O)c1cc(Cl)cc(S(=O)(=O)Cc2ccc(Br)s2)c1F. The minimum absolute atomic E-state index is 0.153. The molecule has 112 valence electrons. The highest BCUT2D eigenvalue weighted by Gasteiger charge is 2.26. The molecule has 1 heterocycles. The molecule has 0 spiro atoms. The Balaban J connectivity index is 2.52. The van der Waals surface area contributed by atoms with E-state index in [4.69, 9.17) is 16.7 Å². The Kier molecular flexibility index (Phi) is 4.72. The Hall–Kier alpha value is -0.960. The van der Waals surface area contributed by atoms with Gasteiger partial charge in [0.25, 0.3) is 0 Å². The number of benzene rings is 1. The third kappa shape index (κ3) is 3.63. The molecule has 0 saturated heterocycles. The summed E-state index contributed by atoms with van der Waals surface area (Å²) in [7, 11) is -4.04. The Morgan fingerprint density at radius 3 is 2.57 bits per heavy atom. The van der Waals surface area contributed by atoms with Gasteiger partial charge in [0.15, 0.2) is 15.7 Å². The fourth-order valence-corrected chi connectivity index (χ4v) is 5.22. The molecular formula is C12H7BrClFO4S2. The lowest BCUT2D eigenvalue weighted by Gasteiger charge is -2.07. The van der Waals surface area contributed by atoms with Crippen LogP contribution in [0.4, 0.5) is 4.39 Å². The van der Waals surface area contributed by atoms with E-state index in [9.17, 15) is 17.6 Å². The molecule has 9 heteroatoms. The second kappa shape index (κ2) is 6.04. The van der Waals surface area contributed by atoms with Crippen molar-refractivity contribution < 1.29 is 22.7 Å². The van der Waals surface area contributed by atoms with E-state index in [0.717, 1.165) is 15.9 Å². The van der Waals surface area contributed by atoms with Crippen molar-refractivity contribution in [3.63, 3.8) is 0 Å². The molecule has 0 aliphatic carbocycles. The van der Waals surface area contributed by atoms with Crippen molar-refractivity contribution >= 4 is 54.7 Å². The monoisotopic (exact) mass is 412 g/mol. The number of carbonyl (C=O) groups is 1. The normalized spacial score (nSPS) is 11.6. The lowest BCUT2D eigenvalue weighted by Crippen LogP contribution is -2.10. The molecule has 21 heavy (non-hydrogen) atoms. The predicted molar refractivity (Wildman–Crippen MR) is 81.3 cm³/mol. The number of rotatable bonds is 4. The van der Waals surface area contributed by atoms with E-state index >= 15 is 0 Å². The van der Waals surface area contributed by atoms with Gasteiger partial charge in [-0.25, -0.2) is 17.6 Å². The Bertz CT molecular complexity index is 817. The number of carboxylic acids is 1. The Labute approximate surface area is 137 Å². The minimum atomic E-state index is -4.04. The molecule has 0 saturated carbocycles. The second-order valence-electron chi connectivity index (χ2n) is 4.04. The molecular weight excluding hydrogens is 407 g/mol. The van der Waals surface area contributed by atoms with E-state index in [-0.39, 0.29) is 5.02 Å². The van der Waals surface area contributed by atoms with Crippen LogP contribution >= 0.6 is 38.9 Å². The first-order valence-corrected chi connectivity index (χ1v) is 9.04. The van der Waals surface area contributed by atoms with Gasteiger partial charge in [-0.15, -0.1) is 11.3 Å². The van der Waals surface area contributed by atoms with E-state index < -0.39 is 37.8 Å². The highest BCUT2D eigenvalue weighted by atomic mass is 79.9. The number of aromatic carboxylic acids is 1. The molecule has 1 N–H and O–H groups in total. The number of carboxylic acid groups (broad SMARTS) is 1. The van der Waals surface area contributed by atoms with Gasteiger partial charge in [0, 0.05) is 9.90 Å². The van der Waals surface area contributed by atoms with E-state index in [1.54, 1.807) is 12.1 Å². The number of halogens is 3. The van der Waals surface area contributed by atoms with Gasteiger partial charge in [-0.2, -0.15) is 0 Å². The van der Waals surface area contributed by atoms with Gasteiger partial charge in [-0.05, 0) is 40.2 Å². The first kappa shape index (κ1) is 16.4. The summed E-state index contributed by atoms with van der Waals surface area (Å²) in [6.45, 7) is 0. The van der Waals surface area contributed by atoms with Crippen molar-refractivity contribution in [3.05, 3.63) is 49.3 Å². The van der Waals surface area contributed by atoms with Crippen LogP contribution < -0.4 is 0 Å². The molecule has 0 fully saturated rings. The summed E-state index contributed by atoms with van der Waals surface area (Å²) in [4.78, 5) is 10.7. The highest BCUT2D eigenvalue weighted by molar-refractivity contribution is 9.11. The van der Waals surface area contributed by atoms with Crippen LogP contribution in [0.3, 0.4) is 0 Å². The first-order valence-electron chi connectivity index (χ1n) is 5.40. The van der Waals surface area contributed by atoms with Crippen LogP contribution in [0.25, 0.3) is 0 Å². The summed E-state index contributed by atoms with van der Waals surface area (Å²) < 4.78 is 39.3. The van der Waals surface area contributed by atoms with Crippen molar-refractivity contribution in [1.82, 2.24) is 0 Å². The molecule has 2 rings (SSSR count). The van der Waals surface area contributed by atoms with Gasteiger partial charge in [-0.3, -0.25) is 0 Å². The maximum absolute atomic E-state index is 14.1. The van der Waals surface area contributed by atoms with Crippen LogP contribution in [0, 0.1) is 5.82 Å². The molecule has 0 atom stereocenters. The third-order valence-electron chi connectivity index (χ3n) is 2.53. The van der Waals surface area contributed by atoms with Crippen LogP contribution in [0.2, 0.25) is 5.02 Å². The van der Waals surface area contributed by atoms with Gasteiger partial charge >= 0.3 is 5.97 Å². The Morgan fingerprint density at radius 1 is 1.38 bits per heavy atom. The van der Waals surface area contributed by atoms with Gasteiger partial charge in [0.05, 0.1) is 15.1 Å². The number of hydrogen-bond donors (Lipinski definition) is 1. The summed E-state index contributed by atoms with van der Waals surface area (Å²) in [5, 5.41) is 8.72. The zero-order chi connectivity index (χ0) is 15.8. The van der Waals surface area contributed by atoms with Crippen molar-refractivity contribution in [2.75, 3.05) is 0 Å². The van der Waals surface area contributed by atoms with Gasteiger partial charge < -0.3 is 5.11 Å². The predicted octanol–water partition coefficient (Wildman–Crippen LogP) is 3.98. The average Bonchev–Trinajstić information content (AvgIpc) is 2.76. The zero-order valence-corrected chi connectivity index (χ0v) is 14.1. The smallest absolute Gasteiger partial charge is 0.338 e. The summed E-state index contributed by atoms with van der Waals surface area (Å²) in [6.07, 6.45) is 0.